The van der Waals surface area contributed by atoms with Gasteiger partial charge < -0.3 is 9.88 Å². The second kappa shape index (κ2) is 7.36. The standard InChI is InChI=1S/C21H20N6OS/c1-13-23-18(12-29-13)20-26-25-19-7-6-16(8-9-27(19)20)24-21(28)17-10-14-4-2-3-5-15(14)11-22-17/h2-5,10-12,16H,6-9H2,1H3,(H,24,28). The van der Waals surface area contributed by atoms with Crippen LogP contribution in [0.15, 0.2) is 41.9 Å². The molecule has 0 saturated heterocycles. The van der Waals surface area contributed by atoms with Crippen molar-refractivity contribution in [2.24, 2.45) is 0 Å². The Morgan fingerprint density at radius 2 is 2.07 bits per heavy atom. The Labute approximate surface area is 171 Å². The molecule has 0 aliphatic carbocycles. The number of thiazole rings is 1. The Bertz CT molecular complexity index is 1200. The number of amides is 1. The predicted octanol–water partition coefficient (Wildman–Crippen LogP) is 3.39. The summed E-state index contributed by atoms with van der Waals surface area (Å²) in [7, 11) is 0. The van der Waals surface area contributed by atoms with Crippen LogP contribution in [0, 0.1) is 6.92 Å². The molecule has 0 radical (unpaired) electrons. The van der Waals surface area contributed by atoms with Gasteiger partial charge in [-0.3, -0.25) is 9.78 Å². The van der Waals surface area contributed by atoms with Crippen LogP contribution in [0.3, 0.4) is 0 Å². The first kappa shape index (κ1) is 17.9. The summed E-state index contributed by atoms with van der Waals surface area (Å²) in [6.45, 7) is 2.74. The molecule has 0 bridgehead atoms. The van der Waals surface area contributed by atoms with E-state index in [9.17, 15) is 4.79 Å². The number of carbonyl (C=O) groups excluding carboxylic acids is 1. The molecule has 8 heteroatoms. The van der Waals surface area contributed by atoms with Crippen LogP contribution >= 0.6 is 11.3 Å². The van der Waals surface area contributed by atoms with Crippen molar-refractivity contribution >= 4 is 28.0 Å². The van der Waals surface area contributed by atoms with Gasteiger partial charge in [-0.25, -0.2) is 4.98 Å². The second-order valence-corrected chi connectivity index (χ2v) is 8.32. The zero-order chi connectivity index (χ0) is 19.8. The zero-order valence-corrected chi connectivity index (χ0v) is 16.8. The molecule has 1 aliphatic heterocycles. The molecule has 1 N–H and O–H groups in total. The van der Waals surface area contributed by atoms with Crippen LogP contribution in [0.4, 0.5) is 0 Å². The number of rotatable bonds is 3. The highest BCUT2D eigenvalue weighted by atomic mass is 32.1. The summed E-state index contributed by atoms with van der Waals surface area (Å²) in [5.41, 5.74) is 1.32. The van der Waals surface area contributed by atoms with Gasteiger partial charge in [0.05, 0.1) is 5.01 Å². The number of fused-ring (bicyclic) bond motifs is 2. The van der Waals surface area contributed by atoms with E-state index in [2.05, 4.69) is 30.0 Å². The summed E-state index contributed by atoms with van der Waals surface area (Å²) in [5.74, 6) is 1.63. The first-order valence-corrected chi connectivity index (χ1v) is 10.6. The highest BCUT2D eigenvalue weighted by Gasteiger charge is 2.23. The molecule has 0 fully saturated rings. The van der Waals surface area contributed by atoms with Crippen molar-refractivity contribution in [1.29, 1.82) is 0 Å². The Morgan fingerprint density at radius 3 is 2.90 bits per heavy atom. The van der Waals surface area contributed by atoms with Crippen molar-refractivity contribution in [1.82, 2.24) is 30.0 Å². The molecule has 146 valence electrons. The quantitative estimate of drug-likeness (QED) is 0.566. The summed E-state index contributed by atoms with van der Waals surface area (Å²) < 4.78 is 2.13. The number of benzene rings is 1. The van der Waals surface area contributed by atoms with E-state index < -0.39 is 0 Å². The lowest BCUT2D eigenvalue weighted by Crippen LogP contribution is -2.35. The number of aryl methyl sites for hydroxylation is 2. The number of hydrogen-bond donors (Lipinski definition) is 1. The highest BCUT2D eigenvalue weighted by Crippen LogP contribution is 2.24. The number of aromatic nitrogens is 5. The molecule has 7 nitrogen and oxygen atoms in total. The Hall–Kier alpha value is -3.13. The van der Waals surface area contributed by atoms with E-state index in [-0.39, 0.29) is 11.9 Å². The maximum atomic E-state index is 12.8. The van der Waals surface area contributed by atoms with Gasteiger partial charge in [0.2, 0.25) is 0 Å². The van der Waals surface area contributed by atoms with Crippen LogP contribution in [-0.2, 0) is 13.0 Å². The normalized spacial score (nSPS) is 16.4. The van der Waals surface area contributed by atoms with Gasteiger partial charge in [-0.05, 0) is 31.2 Å². The fourth-order valence-electron chi connectivity index (χ4n) is 3.75. The largest absolute Gasteiger partial charge is 0.348 e. The monoisotopic (exact) mass is 404 g/mol. The fraction of sp³-hybridized carbons (Fsp3) is 0.286. The number of pyridine rings is 1. The smallest absolute Gasteiger partial charge is 0.270 e. The van der Waals surface area contributed by atoms with Crippen molar-refractivity contribution in [3.63, 3.8) is 0 Å². The van der Waals surface area contributed by atoms with Gasteiger partial charge in [-0.1, -0.05) is 24.3 Å². The minimum absolute atomic E-state index is 0.0718. The van der Waals surface area contributed by atoms with Gasteiger partial charge in [0.15, 0.2) is 5.82 Å². The van der Waals surface area contributed by atoms with Crippen molar-refractivity contribution < 1.29 is 4.79 Å². The first-order valence-electron chi connectivity index (χ1n) is 9.67. The van der Waals surface area contributed by atoms with Crippen LogP contribution in [0.25, 0.3) is 22.3 Å². The third-order valence-corrected chi connectivity index (χ3v) is 6.07. The minimum atomic E-state index is -0.131. The molecule has 4 aromatic rings. The summed E-state index contributed by atoms with van der Waals surface area (Å²) in [6, 6.07) is 9.83. The van der Waals surface area contributed by atoms with Crippen molar-refractivity contribution in [3.8, 4) is 11.5 Å². The Morgan fingerprint density at radius 1 is 1.21 bits per heavy atom. The molecule has 0 saturated carbocycles. The van der Waals surface area contributed by atoms with E-state index in [0.717, 1.165) is 58.9 Å². The van der Waals surface area contributed by atoms with Crippen molar-refractivity contribution in [2.45, 2.75) is 38.8 Å². The molecular weight excluding hydrogens is 384 g/mol. The second-order valence-electron chi connectivity index (χ2n) is 7.26. The van der Waals surface area contributed by atoms with Crippen LogP contribution in [-0.4, -0.2) is 36.7 Å². The summed E-state index contributed by atoms with van der Waals surface area (Å²) in [6.07, 6.45) is 4.17. The van der Waals surface area contributed by atoms with Gasteiger partial charge in [-0.15, -0.1) is 21.5 Å². The molecule has 1 amide bonds. The van der Waals surface area contributed by atoms with Gasteiger partial charge >= 0.3 is 0 Å². The molecule has 1 aliphatic rings. The van der Waals surface area contributed by atoms with E-state index in [1.165, 1.54) is 0 Å². The van der Waals surface area contributed by atoms with Gasteiger partial charge in [0.1, 0.15) is 17.2 Å². The summed E-state index contributed by atoms with van der Waals surface area (Å²) in [4.78, 5) is 21.6. The third kappa shape index (κ3) is 3.51. The zero-order valence-electron chi connectivity index (χ0n) is 16.0. The van der Waals surface area contributed by atoms with Crippen LogP contribution < -0.4 is 5.32 Å². The van der Waals surface area contributed by atoms with E-state index in [0.29, 0.717) is 5.69 Å². The number of carbonyl (C=O) groups is 1. The molecular formula is C21H20N6OS. The lowest BCUT2D eigenvalue weighted by atomic mass is 10.1. The highest BCUT2D eigenvalue weighted by molar-refractivity contribution is 7.09. The van der Waals surface area contributed by atoms with E-state index in [1.54, 1.807) is 17.5 Å². The minimum Gasteiger partial charge on any atom is -0.348 e. The molecule has 4 heterocycles. The van der Waals surface area contributed by atoms with E-state index >= 15 is 0 Å². The van der Waals surface area contributed by atoms with Crippen molar-refractivity contribution in [3.05, 3.63) is 58.4 Å². The third-order valence-electron chi connectivity index (χ3n) is 5.29. The van der Waals surface area contributed by atoms with Crippen LogP contribution in [0.2, 0.25) is 0 Å². The SMILES string of the molecule is Cc1nc(-c2nnc3n2CCC(NC(=O)c2cc4ccccc4cn2)CC3)cs1. The predicted molar refractivity (Wildman–Crippen MR) is 112 cm³/mol. The lowest BCUT2D eigenvalue weighted by molar-refractivity contribution is 0.0928. The Kier molecular flexibility index (Phi) is 4.55. The number of hydrogen-bond acceptors (Lipinski definition) is 6. The summed E-state index contributed by atoms with van der Waals surface area (Å²) >= 11 is 1.61. The molecule has 1 atom stereocenters. The molecule has 0 spiro atoms. The average molecular weight is 404 g/mol. The van der Waals surface area contributed by atoms with Gasteiger partial charge in [-0.2, -0.15) is 0 Å². The molecule has 5 rings (SSSR count). The fourth-order valence-corrected chi connectivity index (χ4v) is 4.35. The average Bonchev–Trinajstić information content (AvgIpc) is 3.30. The van der Waals surface area contributed by atoms with E-state index in [4.69, 9.17) is 0 Å². The number of nitrogens with one attached hydrogen (secondary N) is 1. The van der Waals surface area contributed by atoms with Crippen LogP contribution in [0.5, 0.6) is 0 Å². The molecule has 1 unspecified atom stereocenters. The van der Waals surface area contributed by atoms with Gasteiger partial charge in [0, 0.05) is 36.0 Å². The first-order chi connectivity index (χ1) is 14.2. The van der Waals surface area contributed by atoms with Gasteiger partial charge in [0.25, 0.3) is 5.91 Å². The van der Waals surface area contributed by atoms with Crippen LogP contribution in [0.1, 0.15) is 34.2 Å². The topological polar surface area (TPSA) is 85.6 Å². The molecule has 1 aromatic carbocycles. The molecule has 29 heavy (non-hydrogen) atoms. The maximum absolute atomic E-state index is 12.8. The number of nitrogens with zero attached hydrogens (tertiary/aromatic N) is 5. The molecule has 3 aromatic heterocycles. The van der Waals surface area contributed by atoms with E-state index in [1.807, 2.05) is 42.6 Å². The maximum Gasteiger partial charge on any atom is 0.270 e. The van der Waals surface area contributed by atoms with Crippen molar-refractivity contribution in [2.75, 3.05) is 0 Å². The Balaban J connectivity index is 1.30. The lowest BCUT2D eigenvalue weighted by Gasteiger charge is -2.16. The summed E-state index contributed by atoms with van der Waals surface area (Å²) in [5, 5.41) is 16.9.